The van der Waals surface area contributed by atoms with Crippen molar-refractivity contribution in [3.05, 3.63) is 47.0 Å². The van der Waals surface area contributed by atoms with Crippen LogP contribution in [0.15, 0.2) is 39.8 Å². The van der Waals surface area contributed by atoms with Crippen molar-refractivity contribution in [3.63, 3.8) is 0 Å². The molecular formula is C24H27N9O2. The number of imidazole rings is 2. The molecule has 0 saturated carbocycles. The van der Waals surface area contributed by atoms with E-state index in [9.17, 15) is 4.79 Å². The van der Waals surface area contributed by atoms with Gasteiger partial charge in [0.05, 0.1) is 11.0 Å². The average Bonchev–Trinajstić information content (AvgIpc) is 3.58. The van der Waals surface area contributed by atoms with Crippen LogP contribution in [-0.2, 0) is 13.5 Å². The molecule has 11 nitrogen and oxygen atoms in total. The Labute approximate surface area is 200 Å². The van der Waals surface area contributed by atoms with Crippen LogP contribution in [0.5, 0.6) is 0 Å². The molecule has 0 unspecified atom stereocenters. The Morgan fingerprint density at radius 2 is 1.97 bits per heavy atom. The number of para-hydroxylation sites is 2. The Kier molecular flexibility index (Phi) is 5.31. The largest absolute Gasteiger partial charge is 0.418 e. The summed E-state index contributed by atoms with van der Waals surface area (Å²) in [6.45, 7) is 3.65. The number of hydrogen-bond donors (Lipinski definition) is 1. The third kappa shape index (κ3) is 3.67. The second-order valence-corrected chi connectivity index (χ2v) is 9.00. The van der Waals surface area contributed by atoms with Crippen molar-refractivity contribution >= 4 is 28.0 Å². The minimum Gasteiger partial charge on any atom is -0.418 e. The lowest BCUT2D eigenvalue weighted by Gasteiger charge is -2.33. The van der Waals surface area contributed by atoms with Gasteiger partial charge in [-0.25, -0.2) is 19.7 Å². The first-order valence-electron chi connectivity index (χ1n) is 12.1. The number of piperidine rings is 1. The van der Waals surface area contributed by atoms with Gasteiger partial charge in [0.15, 0.2) is 17.0 Å². The minimum absolute atomic E-state index is 0.0543. The lowest BCUT2D eigenvalue weighted by Crippen LogP contribution is -2.37. The summed E-state index contributed by atoms with van der Waals surface area (Å²) in [5.41, 5.74) is 3.19. The molecule has 35 heavy (non-hydrogen) atoms. The molecule has 1 N–H and O–H groups in total. The van der Waals surface area contributed by atoms with E-state index in [0.29, 0.717) is 28.8 Å². The fourth-order valence-corrected chi connectivity index (χ4v) is 4.96. The van der Waals surface area contributed by atoms with E-state index in [0.717, 1.165) is 62.0 Å². The van der Waals surface area contributed by atoms with Crippen molar-refractivity contribution in [2.75, 3.05) is 18.0 Å². The summed E-state index contributed by atoms with van der Waals surface area (Å²) in [6.07, 6.45) is 6.05. The van der Waals surface area contributed by atoms with Gasteiger partial charge in [-0.2, -0.15) is 0 Å². The Morgan fingerprint density at radius 3 is 2.80 bits per heavy atom. The van der Waals surface area contributed by atoms with Crippen molar-refractivity contribution in [1.29, 1.82) is 0 Å². The molecule has 180 valence electrons. The highest BCUT2D eigenvalue weighted by atomic mass is 16.4. The summed E-state index contributed by atoms with van der Waals surface area (Å²) in [7, 11) is 1.90. The standard InChI is InChI=1S/C24H27N9O2/c1-3-4-9-18-29-30-23(35-18)22-28-19-20(31(22)2)25-14-26-21(19)32-12-10-15(11-13-32)33-17-8-6-5-7-16(17)27-24(33)34/h5-8,14-15H,3-4,9-13H2,1-2H3,(H,27,34). The third-order valence-corrected chi connectivity index (χ3v) is 6.79. The highest BCUT2D eigenvalue weighted by Crippen LogP contribution is 2.31. The van der Waals surface area contributed by atoms with Gasteiger partial charge in [0.2, 0.25) is 11.7 Å². The molecule has 0 radical (unpaired) electrons. The number of hydrogen-bond acceptors (Lipinski definition) is 8. The van der Waals surface area contributed by atoms with Crippen LogP contribution in [0.2, 0.25) is 0 Å². The summed E-state index contributed by atoms with van der Waals surface area (Å²) in [5.74, 6) is 2.37. The number of aromatic amines is 1. The fourth-order valence-electron chi connectivity index (χ4n) is 4.96. The topological polar surface area (TPSA) is 124 Å². The number of anilines is 1. The number of rotatable bonds is 6. The third-order valence-electron chi connectivity index (χ3n) is 6.79. The maximum atomic E-state index is 12.6. The van der Waals surface area contributed by atoms with Gasteiger partial charge in [0.1, 0.15) is 6.33 Å². The lowest BCUT2D eigenvalue weighted by atomic mass is 10.0. The van der Waals surface area contributed by atoms with Crippen LogP contribution in [0.4, 0.5) is 5.82 Å². The lowest BCUT2D eigenvalue weighted by molar-refractivity contribution is 0.395. The predicted octanol–water partition coefficient (Wildman–Crippen LogP) is 3.24. The first-order valence-corrected chi connectivity index (χ1v) is 12.1. The summed E-state index contributed by atoms with van der Waals surface area (Å²) in [6, 6.07) is 7.97. The first kappa shape index (κ1) is 21.5. The van der Waals surface area contributed by atoms with E-state index in [1.165, 1.54) is 0 Å². The first-order chi connectivity index (χ1) is 17.1. The summed E-state index contributed by atoms with van der Waals surface area (Å²) in [5, 5.41) is 8.38. The number of nitrogens with zero attached hydrogens (tertiary/aromatic N) is 8. The van der Waals surface area contributed by atoms with Crippen molar-refractivity contribution < 1.29 is 4.42 Å². The summed E-state index contributed by atoms with van der Waals surface area (Å²) < 4.78 is 9.63. The Morgan fingerprint density at radius 1 is 1.14 bits per heavy atom. The molecule has 1 saturated heterocycles. The molecule has 4 aromatic heterocycles. The van der Waals surface area contributed by atoms with Gasteiger partial charge in [0, 0.05) is 32.6 Å². The smallest absolute Gasteiger partial charge is 0.326 e. The SMILES string of the molecule is CCCCc1nnc(-c2nc3c(N4CCC(n5c(=O)[nH]c6ccccc65)CC4)ncnc3n2C)o1. The van der Waals surface area contributed by atoms with E-state index < -0.39 is 0 Å². The molecule has 0 bridgehead atoms. The molecular weight excluding hydrogens is 446 g/mol. The normalized spacial score (nSPS) is 15.0. The number of unbranched alkanes of at least 4 members (excludes halogenated alkanes) is 1. The van der Waals surface area contributed by atoms with E-state index in [1.54, 1.807) is 6.33 Å². The zero-order valence-electron chi connectivity index (χ0n) is 19.8. The highest BCUT2D eigenvalue weighted by molar-refractivity contribution is 5.86. The van der Waals surface area contributed by atoms with Crippen molar-refractivity contribution in [1.82, 2.24) is 39.3 Å². The van der Waals surface area contributed by atoms with Crippen molar-refractivity contribution in [2.45, 2.75) is 45.1 Å². The zero-order chi connectivity index (χ0) is 23.9. The molecule has 5 aromatic rings. The van der Waals surface area contributed by atoms with Crippen LogP contribution < -0.4 is 10.6 Å². The fraction of sp³-hybridized carbons (Fsp3) is 0.417. The molecule has 5 heterocycles. The number of fused-ring (bicyclic) bond motifs is 2. The minimum atomic E-state index is -0.0543. The molecule has 0 atom stereocenters. The second-order valence-electron chi connectivity index (χ2n) is 9.00. The average molecular weight is 474 g/mol. The maximum Gasteiger partial charge on any atom is 0.326 e. The quantitative estimate of drug-likeness (QED) is 0.399. The van der Waals surface area contributed by atoms with Crippen LogP contribution >= 0.6 is 0 Å². The number of H-pyrrole nitrogens is 1. The molecule has 1 aromatic carbocycles. The summed E-state index contributed by atoms with van der Waals surface area (Å²) in [4.78, 5) is 31.7. The Hall–Kier alpha value is -4.02. The maximum absolute atomic E-state index is 12.6. The molecule has 1 aliphatic rings. The van der Waals surface area contributed by atoms with Crippen LogP contribution in [0.25, 0.3) is 33.9 Å². The van der Waals surface area contributed by atoms with Crippen LogP contribution in [0.3, 0.4) is 0 Å². The number of benzene rings is 1. The van der Waals surface area contributed by atoms with E-state index in [-0.39, 0.29) is 11.7 Å². The van der Waals surface area contributed by atoms with Crippen molar-refractivity contribution in [2.24, 2.45) is 7.05 Å². The molecule has 1 fully saturated rings. The van der Waals surface area contributed by atoms with Crippen LogP contribution in [-0.4, -0.2) is 52.4 Å². The summed E-state index contributed by atoms with van der Waals surface area (Å²) >= 11 is 0. The Balaban J connectivity index is 1.27. The van der Waals surface area contributed by atoms with Gasteiger partial charge in [-0.15, -0.1) is 10.2 Å². The van der Waals surface area contributed by atoms with E-state index in [4.69, 9.17) is 9.40 Å². The van der Waals surface area contributed by atoms with Gasteiger partial charge in [-0.3, -0.25) is 4.57 Å². The van der Waals surface area contributed by atoms with Crippen LogP contribution in [0, 0.1) is 0 Å². The predicted molar refractivity (Wildman–Crippen MR) is 131 cm³/mol. The zero-order valence-corrected chi connectivity index (χ0v) is 19.8. The number of aryl methyl sites for hydroxylation is 2. The van der Waals surface area contributed by atoms with E-state index >= 15 is 0 Å². The van der Waals surface area contributed by atoms with Gasteiger partial charge in [-0.1, -0.05) is 25.5 Å². The number of nitrogens with one attached hydrogen (secondary N) is 1. The Bertz CT molecular complexity index is 1550. The molecule has 1 aliphatic heterocycles. The number of aromatic nitrogens is 8. The molecule has 6 rings (SSSR count). The van der Waals surface area contributed by atoms with Crippen molar-refractivity contribution in [3.8, 4) is 11.7 Å². The van der Waals surface area contributed by atoms with Crippen LogP contribution in [0.1, 0.15) is 44.5 Å². The van der Waals surface area contributed by atoms with E-state index in [1.807, 2.05) is 40.4 Å². The highest BCUT2D eigenvalue weighted by Gasteiger charge is 2.27. The second kappa shape index (κ2) is 8.64. The molecule has 0 amide bonds. The van der Waals surface area contributed by atoms with Gasteiger partial charge >= 0.3 is 5.69 Å². The molecule has 0 spiro atoms. The van der Waals surface area contributed by atoms with Gasteiger partial charge in [-0.05, 0) is 31.4 Å². The molecule has 11 heteroatoms. The molecule has 0 aliphatic carbocycles. The monoisotopic (exact) mass is 473 g/mol. The van der Waals surface area contributed by atoms with E-state index in [2.05, 4.69) is 37.0 Å². The van der Waals surface area contributed by atoms with Gasteiger partial charge < -0.3 is 18.9 Å². The van der Waals surface area contributed by atoms with Gasteiger partial charge in [0.25, 0.3) is 5.89 Å².